The molecule has 1 fully saturated rings. The number of benzene rings is 2. The van der Waals surface area contributed by atoms with Crippen molar-refractivity contribution >= 4 is 39.0 Å². The minimum absolute atomic E-state index is 0.0375. The number of amides is 1. The Hall–Kier alpha value is -3.04. The maximum Gasteiger partial charge on any atom is 0.282 e. The van der Waals surface area contributed by atoms with Crippen LogP contribution in [0.2, 0.25) is 0 Å². The Morgan fingerprint density at radius 2 is 2.03 bits per heavy atom. The number of para-hydroxylation sites is 1. The number of aromatic nitrogens is 2. The van der Waals surface area contributed by atoms with Gasteiger partial charge in [0.25, 0.3) is 11.5 Å². The van der Waals surface area contributed by atoms with Crippen molar-refractivity contribution in [3.8, 4) is 5.75 Å². The number of ether oxygens (including phenoxy) is 2. The predicted octanol–water partition coefficient (Wildman–Crippen LogP) is 3.79. The van der Waals surface area contributed by atoms with Crippen molar-refractivity contribution in [1.82, 2.24) is 14.6 Å². The molecule has 178 valence electrons. The Bertz CT molecular complexity index is 1270. The van der Waals surface area contributed by atoms with Gasteiger partial charge in [-0.05, 0) is 36.8 Å². The largest absolute Gasteiger partial charge is 0.483 e. The highest BCUT2D eigenvalue weighted by atomic mass is 79.9. The SMILES string of the molecule is CC[C@H](C)c1nc2ccc(Br)cc2c(=O)n1N=Cc1ccccc1OCC(=O)N1CCOCC1. The van der Waals surface area contributed by atoms with Gasteiger partial charge in [-0.15, -0.1) is 0 Å². The standard InChI is InChI=1S/C25H27BrN4O4/c1-3-17(2)24-28-21-9-8-19(26)14-20(21)25(32)30(24)27-15-18-6-4-5-7-22(18)34-16-23(31)29-10-12-33-13-11-29/h4-9,14-15,17H,3,10-13,16H2,1-2H3/t17-/m0/s1. The summed E-state index contributed by atoms with van der Waals surface area (Å²) in [7, 11) is 0. The van der Waals surface area contributed by atoms with Crippen molar-refractivity contribution < 1.29 is 14.3 Å². The van der Waals surface area contributed by atoms with Crippen LogP contribution in [0.1, 0.15) is 37.6 Å². The average Bonchev–Trinajstić information content (AvgIpc) is 2.87. The third kappa shape index (κ3) is 5.37. The van der Waals surface area contributed by atoms with Crippen molar-refractivity contribution in [2.45, 2.75) is 26.2 Å². The Morgan fingerprint density at radius 3 is 2.79 bits per heavy atom. The molecule has 4 rings (SSSR count). The molecular weight excluding hydrogens is 500 g/mol. The zero-order valence-electron chi connectivity index (χ0n) is 19.2. The van der Waals surface area contributed by atoms with Gasteiger partial charge in [0.05, 0.1) is 30.3 Å². The van der Waals surface area contributed by atoms with E-state index in [4.69, 9.17) is 14.5 Å². The van der Waals surface area contributed by atoms with Gasteiger partial charge in [0.2, 0.25) is 0 Å². The Kier molecular flexibility index (Phi) is 7.74. The zero-order valence-corrected chi connectivity index (χ0v) is 20.8. The average molecular weight is 527 g/mol. The molecule has 1 aliphatic rings. The van der Waals surface area contributed by atoms with Crippen molar-refractivity contribution in [3.63, 3.8) is 0 Å². The van der Waals surface area contributed by atoms with Gasteiger partial charge >= 0.3 is 0 Å². The maximum atomic E-state index is 13.3. The Balaban J connectivity index is 1.63. The number of carbonyl (C=O) groups is 1. The van der Waals surface area contributed by atoms with E-state index in [2.05, 4.69) is 21.0 Å². The summed E-state index contributed by atoms with van der Waals surface area (Å²) in [5.74, 6) is 1.06. The number of carbonyl (C=O) groups excluding carboxylic acids is 1. The second-order valence-electron chi connectivity index (χ2n) is 8.12. The quantitative estimate of drug-likeness (QED) is 0.437. The van der Waals surface area contributed by atoms with E-state index < -0.39 is 0 Å². The van der Waals surface area contributed by atoms with Crippen LogP contribution in [0.3, 0.4) is 0 Å². The summed E-state index contributed by atoms with van der Waals surface area (Å²) in [6.45, 7) is 6.21. The first-order valence-corrected chi connectivity index (χ1v) is 12.1. The first kappa shape index (κ1) is 24.1. The fourth-order valence-electron chi connectivity index (χ4n) is 3.66. The summed E-state index contributed by atoms with van der Waals surface area (Å²) in [5.41, 5.74) is 1.06. The molecule has 8 nitrogen and oxygen atoms in total. The number of fused-ring (bicyclic) bond motifs is 1. The molecule has 1 aliphatic heterocycles. The lowest BCUT2D eigenvalue weighted by molar-refractivity contribution is -0.137. The third-order valence-electron chi connectivity index (χ3n) is 5.83. The van der Waals surface area contributed by atoms with Gasteiger partial charge in [0, 0.05) is 29.0 Å². The molecule has 0 aliphatic carbocycles. The molecule has 1 atom stereocenters. The lowest BCUT2D eigenvalue weighted by Crippen LogP contribution is -2.43. The number of morpholine rings is 1. The topological polar surface area (TPSA) is 86.0 Å². The molecule has 1 aromatic heterocycles. The van der Waals surface area contributed by atoms with E-state index in [9.17, 15) is 9.59 Å². The summed E-state index contributed by atoms with van der Waals surface area (Å²) in [6.07, 6.45) is 2.39. The normalized spacial score (nSPS) is 15.1. The summed E-state index contributed by atoms with van der Waals surface area (Å²) in [5, 5.41) is 5.00. The summed E-state index contributed by atoms with van der Waals surface area (Å²) in [6, 6.07) is 12.7. The molecule has 0 unspecified atom stereocenters. The lowest BCUT2D eigenvalue weighted by Gasteiger charge is -2.26. The van der Waals surface area contributed by atoms with Crippen molar-refractivity contribution in [3.05, 3.63) is 68.7 Å². The molecule has 0 N–H and O–H groups in total. The number of hydrogen-bond donors (Lipinski definition) is 0. The van der Waals surface area contributed by atoms with E-state index in [-0.39, 0.29) is 24.0 Å². The van der Waals surface area contributed by atoms with Crippen LogP contribution in [0, 0.1) is 0 Å². The van der Waals surface area contributed by atoms with Gasteiger partial charge in [-0.3, -0.25) is 9.59 Å². The van der Waals surface area contributed by atoms with Crippen molar-refractivity contribution in [2.75, 3.05) is 32.9 Å². The van der Waals surface area contributed by atoms with Crippen LogP contribution in [0.15, 0.2) is 56.8 Å². The van der Waals surface area contributed by atoms with E-state index >= 15 is 0 Å². The Labute approximate surface area is 206 Å². The smallest absolute Gasteiger partial charge is 0.282 e. The minimum atomic E-state index is -0.237. The van der Waals surface area contributed by atoms with E-state index in [1.54, 1.807) is 23.2 Å². The molecule has 3 aromatic rings. The van der Waals surface area contributed by atoms with Crippen LogP contribution >= 0.6 is 15.9 Å². The molecule has 1 amide bonds. The summed E-state index contributed by atoms with van der Waals surface area (Å²) in [4.78, 5) is 32.2. The monoisotopic (exact) mass is 526 g/mol. The molecule has 0 radical (unpaired) electrons. The third-order valence-corrected chi connectivity index (χ3v) is 6.33. The van der Waals surface area contributed by atoms with Crippen LogP contribution in [0.25, 0.3) is 10.9 Å². The highest BCUT2D eigenvalue weighted by Gasteiger charge is 2.18. The van der Waals surface area contributed by atoms with E-state index in [0.29, 0.717) is 54.3 Å². The first-order valence-electron chi connectivity index (χ1n) is 11.3. The minimum Gasteiger partial charge on any atom is -0.483 e. The van der Waals surface area contributed by atoms with Crippen molar-refractivity contribution in [1.29, 1.82) is 0 Å². The molecule has 2 aromatic carbocycles. The highest BCUT2D eigenvalue weighted by molar-refractivity contribution is 9.10. The molecule has 0 spiro atoms. The van der Waals surface area contributed by atoms with Gasteiger partial charge in [-0.2, -0.15) is 9.78 Å². The van der Waals surface area contributed by atoms with Gasteiger partial charge in [0.15, 0.2) is 6.61 Å². The van der Waals surface area contributed by atoms with Gasteiger partial charge < -0.3 is 14.4 Å². The van der Waals surface area contributed by atoms with Gasteiger partial charge in [-0.1, -0.05) is 41.9 Å². The van der Waals surface area contributed by atoms with E-state index in [1.165, 1.54) is 4.68 Å². The van der Waals surface area contributed by atoms with E-state index in [1.807, 2.05) is 44.2 Å². The van der Waals surface area contributed by atoms with Gasteiger partial charge in [-0.25, -0.2) is 4.98 Å². The molecule has 34 heavy (non-hydrogen) atoms. The molecular formula is C25H27BrN4O4. The summed E-state index contributed by atoms with van der Waals surface area (Å²) < 4.78 is 13.3. The number of nitrogens with zero attached hydrogens (tertiary/aromatic N) is 4. The van der Waals surface area contributed by atoms with Crippen molar-refractivity contribution in [2.24, 2.45) is 5.10 Å². The van der Waals surface area contributed by atoms with Crippen LogP contribution in [-0.2, 0) is 9.53 Å². The fraction of sp³-hybridized carbons (Fsp3) is 0.360. The molecule has 9 heteroatoms. The van der Waals surface area contributed by atoms with Crippen LogP contribution in [0.4, 0.5) is 0 Å². The number of halogens is 1. The Morgan fingerprint density at radius 1 is 1.26 bits per heavy atom. The summed E-state index contributed by atoms with van der Waals surface area (Å²) >= 11 is 3.43. The molecule has 0 saturated carbocycles. The van der Waals surface area contributed by atoms with Crippen LogP contribution in [0.5, 0.6) is 5.75 Å². The second kappa shape index (κ2) is 10.9. The van der Waals surface area contributed by atoms with Crippen LogP contribution < -0.4 is 10.3 Å². The van der Waals surface area contributed by atoms with Gasteiger partial charge in [0.1, 0.15) is 11.6 Å². The molecule has 1 saturated heterocycles. The zero-order chi connectivity index (χ0) is 24.1. The number of rotatable bonds is 7. The number of hydrogen-bond acceptors (Lipinski definition) is 6. The highest BCUT2D eigenvalue weighted by Crippen LogP contribution is 2.21. The van der Waals surface area contributed by atoms with Crippen LogP contribution in [-0.4, -0.2) is 59.6 Å². The molecule has 2 heterocycles. The van der Waals surface area contributed by atoms with E-state index in [0.717, 1.165) is 10.9 Å². The fourth-order valence-corrected chi connectivity index (χ4v) is 4.02. The lowest BCUT2D eigenvalue weighted by atomic mass is 10.1. The maximum absolute atomic E-state index is 13.3. The second-order valence-corrected chi connectivity index (χ2v) is 9.04. The predicted molar refractivity (Wildman–Crippen MR) is 135 cm³/mol. The first-order chi connectivity index (χ1) is 16.5. The molecule has 0 bridgehead atoms.